The summed E-state index contributed by atoms with van der Waals surface area (Å²) in [6.07, 6.45) is 4.09. The van der Waals surface area contributed by atoms with Gasteiger partial charge in [-0.3, -0.25) is 14.9 Å². The SMILES string of the molecule is CNC(=O)C(OC(=O)c1ccc(-c2ccc3nc(NC(C)=O)[nH]c3c2)o1)C1CCCCC1. The molecule has 1 aliphatic rings. The van der Waals surface area contributed by atoms with E-state index < -0.39 is 12.1 Å². The van der Waals surface area contributed by atoms with Crippen LogP contribution in [0.5, 0.6) is 0 Å². The number of ether oxygens (including phenoxy) is 1. The second-order valence-corrected chi connectivity index (χ2v) is 8.00. The van der Waals surface area contributed by atoms with E-state index in [2.05, 4.69) is 20.6 Å². The molecule has 4 rings (SSSR count). The molecule has 0 saturated heterocycles. The van der Waals surface area contributed by atoms with Gasteiger partial charge in [0.2, 0.25) is 17.6 Å². The van der Waals surface area contributed by atoms with Gasteiger partial charge in [0.25, 0.3) is 5.91 Å². The van der Waals surface area contributed by atoms with Gasteiger partial charge in [0.1, 0.15) is 5.76 Å². The number of hydrogen-bond donors (Lipinski definition) is 3. The van der Waals surface area contributed by atoms with E-state index in [9.17, 15) is 14.4 Å². The van der Waals surface area contributed by atoms with Crippen LogP contribution < -0.4 is 10.6 Å². The van der Waals surface area contributed by atoms with Crippen LogP contribution in [-0.4, -0.2) is 40.9 Å². The van der Waals surface area contributed by atoms with Gasteiger partial charge in [-0.25, -0.2) is 9.78 Å². The van der Waals surface area contributed by atoms with Crippen LogP contribution in [0.3, 0.4) is 0 Å². The number of furan rings is 1. The summed E-state index contributed by atoms with van der Waals surface area (Å²) in [4.78, 5) is 43.6. The summed E-state index contributed by atoms with van der Waals surface area (Å²) in [6.45, 7) is 1.41. The fourth-order valence-electron chi connectivity index (χ4n) is 4.11. The fraction of sp³-hybridized carbons (Fsp3) is 0.391. The number of nitrogens with one attached hydrogen (secondary N) is 3. The average Bonchev–Trinajstić information content (AvgIpc) is 3.43. The van der Waals surface area contributed by atoms with Crippen LogP contribution in [0, 0.1) is 5.92 Å². The maximum absolute atomic E-state index is 12.7. The van der Waals surface area contributed by atoms with E-state index in [1.165, 1.54) is 6.92 Å². The number of fused-ring (bicyclic) bond motifs is 1. The second-order valence-electron chi connectivity index (χ2n) is 8.00. The number of carbonyl (C=O) groups is 3. The van der Waals surface area contributed by atoms with Crippen molar-refractivity contribution in [2.45, 2.75) is 45.1 Å². The predicted molar refractivity (Wildman–Crippen MR) is 118 cm³/mol. The molecular formula is C23H26N4O5. The Balaban J connectivity index is 1.51. The Morgan fingerprint density at radius 3 is 2.66 bits per heavy atom. The highest BCUT2D eigenvalue weighted by Gasteiger charge is 2.33. The maximum Gasteiger partial charge on any atom is 0.375 e. The number of imidazole rings is 1. The van der Waals surface area contributed by atoms with Crippen molar-refractivity contribution in [1.82, 2.24) is 15.3 Å². The number of benzene rings is 1. The second kappa shape index (κ2) is 9.25. The average molecular weight is 438 g/mol. The summed E-state index contributed by atoms with van der Waals surface area (Å²) in [6, 6.07) is 8.64. The zero-order valence-electron chi connectivity index (χ0n) is 18.1. The number of anilines is 1. The van der Waals surface area contributed by atoms with Gasteiger partial charge in [-0.1, -0.05) is 19.3 Å². The van der Waals surface area contributed by atoms with Crippen LogP contribution >= 0.6 is 0 Å². The van der Waals surface area contributed by atoms with Crippen LogP contribution in [0.15, 0.2) is 34.7 Å². The molecule has 9 heteroatoms. The third kappa shape index (κ3) is 4.66. The topological polar surface area (TPSA) is 126 Å². The number of aromatic nitrogens is 2. The number of aromatic amines is 1. The van der Waals surface area contributed by atoms with Gasteiger partial charge < -0.3 is 19.5 Å². The number of carbonyl (C=O) groups excluding carboxylic acids is 3. The first-order valence-corrected chi connectivity index (χ1v) is 10.7. The third-order valence-corrected chi connectivity index (χ3v) is 5.68. The van der Waals surface area contributed by atoms with Crippen molar-refractivity contribution in [2.24, 2.45) is 5.92 Å². The molecule has 3 aromatic rings. The van der Waals surface area contributed by atoms with Gasteiger partial charge in [-0.05, 0) is 43.2 Å². The molecule has 1 unspecified atom stereocenters. The lowest BCUT2D eigenvalue weighted by Crippen LogP contribution is -2.41. The van der Waals surface area contributed by atoms with Crippen LogP contribution in [0.25, 0.3) is 22.4 Å². The molecular weight excluding hydrogens is 412 g/mol. The van der Waals surface area contributed by atoms with Crippen molar-refractivity contribution >= 4 is 34.8 Å². The van der Waals surface area contributed by atoms with Crippen LogP contribution in [0.4, 0.5) is 5.95 Å². The Labute approximate surface area is 184 Å². The normalized spacial score (nSPS) is 15.3. The Kier molecular flexibility index (Phi) is 6.25. The van der Waals surface area contributed by atoms with Gasteiger partial charge in [0, 0.05) is 25.5 Å². The lowest BCUT2D eigenvalue weighted by Gasteiger charge is -2.28. The molecule has 32 heavy (non-hydrogen) atoms. The molecule has 2 amide bonds. The van der Waals surface area contributed by atoms with Gasteiger partial charge in [-0.15, -0.1) is 0 Å². The Hall–Kier alpha value is -3.62. The summed E-state index contributed by atoms with van der Waals surface area (Å²) in [5.74, 6) is -0.291. The summed E-state index contributed by atoms with van der Waals surface area (Å²) < 4.78 is 11.3. The zero-order chi connectivity index (χ0) is 22.7. The quantitative estimate of drug-likeness (QED) is 0.505. The third-order valence-electron chi connectivity index (χ3n) is 5.68. The molecule has 0 aliphatic heterocycles. The van der Waals surface area contributed by atoms with Crippen molar-refractivity contribution in [3.05, 3.63) is 36.1 Å². The summed E-state index contributed by atoms with van der Waals surface area (Å²) in [5.41, 5.74) is 2.12. The Bertz CT molecular complexity index is 1140. The standard InChI is InChI=1S/C23H26N4O5/c1-13(28)25-23-26-16-9-8-15(12-17(16)27-23)18-10-11-19(31-18)22(30)32-20(21(29)24-2)14-6-4-3-5-7-14/h8-12,14,20H,3-7H2,1-2H3,(H,24,29)(H2,25,26,27,28). The number of rotatable bonds is 6. The monoisotopic (exact) mass is 438 g/mol. The predicted octanol–water partition coefficient (Wildman–Crippen LogP) is 3.63. The molecule has 1 atom stereocenters. The molecule has 0 bridgehead atoms. The van der Waals surface area contributed by atoms with Crippen LogP contribution in [0.1, 0.15) is 49.6 Å². The van der Waals surface area contributed by atoms with Gasteiger partial charge in [-0.2, -0.15) is 0 Å². The minimum Gasteiger partial charge on any atom is -0.449 e. The smallest absolute Gasteiger partial charge is 0.375 e. The number of amides is 2. The first-order valence-electron chi connectivity index (χ1n) is 10.7. The van der Waals surface area contributed by atoms with Gasteiger partial charge >= 0.3 is 5.97 Å². The molecule has 9 nitrogen and oxygen atoms in total. The first kappa shape index (κ1) is 21.6. The number of nitrogens with zero attached hydrogens (tertiary/aromatic N) is 1. The summed E-state index contributed by atoms with van der Waals surface area (Å²) >= 11 is 0. The van der Waals surface area contributed by atoms with E-state index in [0.29, 0.717) is 22.7 Å². The molecule has 0 spiro atoms. The number of likely N-dealkylation sites (N-methyl/N-ethyl adjacent to an activating group) is 1. The Morgan fingerprint density at radius 1 is 1.16 bits per heavy atom. The highest BCUT2D eigenvalue weighted by molar-refractivity contribution is 5.92. The zero-order valence-corrected chi connectivity index (χ0v) is 18.1. The van der Waals surface area contributed by atoms with Crippen molar-refractivity contribution < 1.29 is 23.5 Å². The van der Waals surface area contributed by atoms with Crippen LogP contribution in [-0.2, 0) is 14.3 Å². The van der Waals surface area contributed by atoms with Gasteiger partial charge in [0.15, 0.2) is 6.10 Å². The van der Waals surface area contributed by atoms with Crippen molar-refractivity contribution in [3.63, 3.8) is 0 Å². The largest absolute Gasteiger partial charge is 0.449 e. The van der Waals surface area contributed by atoms with Crippen LogP contribution in [0.2, 0.25) is 0 Å². The number of esters is 1. The molecule has 168 valence electrons. The fourth-order valence-corrected chi connectivity index (χ4v) is 4.11. The highest BCUT2D eigenvalue weighted by atomic mass is 16.6. The molecule has 2 heterocycles. The highest BCUT2D eigenvalue weighted by Crippen LogP contribution is 2.30. The van der Waals surface area contributed by atoms with Crippen molar-refractivity contribution in [1.29, 1.82) is 0 Å². The van der Waals surface area contributed by atoms with E-state index in [4.69, 9.17) is 9.15 Å². The van der Waals surface area contributed by atoms with Gasteiger partial charge in [0.05, 0.1) is 11.0 Å². The molecule has 0 radical (unpaired) electrons. The molecule has 1 fully saturated rings. The number of hydrogen-bond acceptors (Lipinski definition) is 6. The Morgan fingerprint density at radius 2 is 1.94 bits per heavy atom. The summed E-state index contributed by atoms with van der Waals surface area (Å²) in [7, 11) is 1.54. The van der Waals surface area contributed by atoms with E-state index in [0.717, 1.165) is 37.7 Å². The lowest BCUT2D eigenvalue weighted by molar-refractivity contribution is -0.133. The molecule has 2 aromatic heterocycles. The first-order chi connectivity index (χ1) is 15.4. The maximum atomic E-state index is 12.7. The molecule has 1 aliphatic carbocycles. The van der Waals surface area contributed by atoms with Crippen molar-refractivity contribution in [2.75, 3.05) is 12.4 Å². The van der Waals surface area contributed by atoms with Crippen molar-refractivity contribution in [3.8, 4) is 11.3 Å². The molecule has 1 aromatic carbocycles. The minimum absolute atomic E-state index is 0.0164. The van der Waals surface area contributed by atoms with E-state index >= 15 is 0 Å². The van der Waals surface area contributed by atoms with E-state index in [1.807, 2.05) is 12.1 Å². The van der Waals surface area contributed by atoms with E-state index in [-0.39, 0.29) is 23.5 Å². The molecule has 1 saturated carbocycles. The lowest BCUT2D eigenvalue weighted by atomic mass is 9.85. The summed E-state index contributed by atoms with van der Waals surface area (Å²) in [5, 5.41) is 5.21. The van der Waals surface area contributed by atoms with E-state index in [1.54, 1.807) is 25.2 Å². The molecule has 3 N–H and O–H groups in total. The number of H-pyrrole nitrogens is 1. The minimum atomic E-state index is -0.824.